The first kappa shape index (κ1) is 19.9. The summed E-state index contributed by atoms with van der Waals surface area (Å²) in [6.07, 6.45) is 3.39. The van der Waals surface area contributed by atoms with Gasteiger partial charge in [0.25, 0.3) is 5.56 Å². The Bertz CT molecular complexity index is 1080. The zero-order valence-corrected chi connectivity index (χ0v) is 17.3. The Hall–Kier alpha value is -3.03. The van der Waals surface area contributed by atoms with Crippen LogP contribution < -0.4 is 5.56 Å². The number of halogens is 1. The number of aromatic nitrogens is 2. The number of nitrogens with zero attached hydrogens (tertiary/aromatic N) is 3. The molecule has 2 amide bonds. The smallest absolute Gasteiger partial charge is 0.254 e. The second-order valence-electron chi connectivity index (χ2n) is 8.79. The molecular weight excluding hydrogens is 399 g/mol. The summed E-state index contributed by atoms with van der Waals surface area (Å²) in [5.41, 5.74) is 2.01. The molecule has 0 radical (unpaired) electrons. The molecule has 2 fully saturated rings. The molecule has 162 valence electrons. The van der Waals surface area contributed by atoms with Crippen LogP contribution in [0, 0.1) is 11.7 Å². The van der Waals surface area contributed by atoms with Gasteiger partial charge in [0.15, 0.2) is 0 Å². The fraction of sp³-hybridized carbons (Fsp3) is 0.478. The second kappa shape index (κ2) is 7.90. The minimum atomic E-state index is -0.322. The van der Waals surface area contributed by atoms with Gasteiger partial charge in [0.05, 0.1) is 18.7 Å². The van der Waals surface area contributed by atoms with Gasteiger partial charge in [-0.15, -0.1) is 0 Å². The molecule has 7 nitrogen and oxygen atoms in total. The number of hydrogen-bond donors (Lipinski definition) is 1. The molecule has 1 unspecified atom stereocenters. The Kier molecular flexibility index (Phi) is 5.08. The van der Waals surface area contributed by atoms with Crippen molar-refractivity contribution < 1.29 is 14.0 Å². The lowest BCUT2D eigenvalue weighted by Gasteiger charge is -2.28. The summed E-state index contributed by atoms with van der Waals surface area (Å²) >= 11 is 0. The topological polar surface area (TPSA) is 86.4 Å². The van der Waals surface area contributed by atoms with Crippen LogP contribution in [0.4, 0.5) is 4.39 Å². The standard InChI is InChI=1S/C23H25FN4O3/c24-17-5-1-14(2-6-17)11-20(29)27-9-7-16(12-27)21-25-19-13-28(23(31)15-3-4-15)10-8-18(19)22(30)26-21/h1-2,5-6,15-16H,3-4,7-13H2,(H,25,26,30). The zero-order chi connectivity index (χ0) is 21.5. The Morgan fingerprint density at radius 3 is 2.61 bits per heavy atom. The van der Waals surface area contributed by atoms with Gasteiger partial charge < -0.3 is 14.8 Å². The molecule has 1 saturated carbocycles. The summed E-state index contributed by atoms with van der Waals surface area (Å²) in [6.45, 7) is 2.05. The monoisotopic (exact) mass is 424 g/mol. The average molecular weight is 424 g/mol. The largest absolute Gasteiger partial charge is 0.342 e. The van der Waals surface area contributed by atoms with Crippen molar-refractivity contribution in [1.82, 2.24) is 19.8 Å². The molecule has 0 bridgehead atoms. The predicted octanol–water partition coefficient (Wildman–Crippen LogP) is 1.76. The Morgan fingerprint density at radius 2 is 1.87 bits per heavy atom. The summed E-state index contributed by atoms with van der Waals surface area (Å²) < 4.78 is 13.1. The first-order chi connectivity index (χ1) is 15.0. The number of likely N-dealkylation sites (tertiary alicyclic amines) is 1. The van der Waals surface area contributed by atoms with Crippen molar-refractivity contribution in [3.8, 4) is 0 Å². The molecular formula is C23H25FN4O3. The first-order valence-corrected chi connectivity index (χ1v) is 10.9. The highest BCUT2D eigenvalue weighted by atomic mass is 19.1. The van der Waals surface area contributed by atoms with Crippen LogP contribution in [-0.4, -0.2) is 51.2 Å². The maximum Gasteiger partial charge on any atom is 0.254 e. The van der Waals surface area contributed by atoms with E-state index in [-0.39, 0.29) is 41.4 Å². The Labute approximate surface area is 179 Å². The van der Waals surface area contributed by atoms with E-state index in [2.05, 4.69) is 4.98 Å². The molecule has 2 aromatic rings. The number of H-pyrrole nitrogens is 1. The second-order valence-corrected chi connectivity index (χ2v) is 8.79. The van der Waals surface area contributed by atoms with Gasteiger partial charge >= 0.3 is 0 Å². The lowest BCUT2D eigenvalue weighted by molar-refractivity contribution is -0.133. The normalized spacial score (nSPS) is 20.6. The van der Waals surface area contributed by atoms with Crippen LogP contribution in [0.25, 0.3) is 0 Å². The number of carbonyl (C=O) groups excluding carboxylic acids is 2. The third-order valence-corrected chi connectivity index (χ3v) is 6.53. The molecule has 1 aliphatic carbocycles. The Balaban J connectivity index is 1.27. The van der Waals surface area contributed by atoms with E-state index in [1.54, 1.807) is 17.0 Å². The van der Waals surface area contributed by atoms with Crippen molar-refractivity contribution in [1.29, 1.82) is 0 Å². The van der Waals surface area contributed by atoms with Crippen LogP contribution in [0.5, 0.6) is 0 Å². The number of nitrogens with one attached hydrogen (secondary N) is 1. The molecule has 1 aromatic carbocycles. The maximum atomic E-state index is 13.1. The van der Waals surface area contributed by atoms with Gasteiger partial charge in [-0.2, -0.15) is 0 Å². The Morgan fingerprint density at radius 1 is 1.10 bits per heavy atom. The summed E-state index contributed by atoms with van der Waals surface area (Å²) in [6, 6.07) is 5.96. The first-order valence-electron chi connectivity index (χ1n) is 10.9. The van der Waals surface area contributed by atoms with Crippen molar-refractivity contribution in [3.63, 3.8) is 0 Å². The van der Waals surface area contributed by atoms with Crippen molar-refractivity contribution in [2.24, 2.45) is 5.92 Å². The van der Waals surface area contributed by atoms with E-state index in [0.717, 1.165) is 24.8 Å². The summed E-state index contributed by atoms with van der Waals surface area (Å²) in [4.78, 5) is 49.0. The number of benzene rings is 1. The SMILES string of the molecule is O=C(Cc1ccc(F)cc1)N1CCC(c2nc3c(c(=O)[nH]2)CCN(C(=O)C2CC2)C3)C1. The molecule has 8 heteroatoms. The fourth-order valence-corrected chi connectivity index (χ4v) is 4.53. The van der Waals surface area contributed by atoms with Gasteiger partial charge in [-0.05, 0) is 43.4 Å². The van der Waals surface area contributed by atoms with E-state index >= 15 is 0 Å². The lowest BCUT2D eigenvalue weighted by Crippen LogP contribution is -2.40. The highest BCUT2D eigenvalue weighted by molar-refractivity contribution is 5.81. The van der Waals surface area contributed by atoms with Crippen LogP contribution >= 0.6 is 0 Å². The van der Waals surface area contributed by atoms with Gasteiger partial charge in [-0.1, -0.05) is 12.1 Å². The van der Waals surface area contributed by atoms with E-state index in [9.17, 15) is 18.8 Å². The number of rotatable bonds is 4. The molecule has 1 saturated heterocycles. The number of aromatic amines is 1. The van der Waals surface area contributed by atoms with E-state index in [4.69, 9.17) is 4.98 Å². The molecule has 0 spiro atoms. The van der Waals surface area contributed by atoms with Gasteiger partial charge in [0, 0.05) is 37.0 Å². The summed E-state index contributed by atoms with van der Waals surface area (Å²) in [7, 11) is 0. The molecule has 31 heavy (non-hydrogen) atoms. The van der Waals surface area contributed by atoms with Crippen molar-refractivity contribution in [2.45, 2.75) is 44.6 Å². The summed E-state index contributed by atoms with van der Waals surface area (Å²) in [5.74, 6) is 0.547. The van der Waals surface area contributed by atoms with Crippen LogP contribution in [0.2, 0.25) is 0 Å². The molecule has 2 aliphatic heterocycles. The lowest BCUT2D eigenvalue weighted by atomic mass is 10.0. The number of hydrogen-bond acceptors (Lipinski definition) is 4. The van der Waals surface area contributed by atoms with E-state index in [0.29, 0.717) is 49.7 Å². The predicted molar refractivity (Wildman–Crippen MR) is 111 cm³/mol. The fourth-order valence-electron chi connectivity index (χ4n) is 4.53. The van der Waals surface area contributed by atoms with Crippen molar-refractivity contribution in [2.75, 3.05) is 19.6 Å². The number of fused-ring (bicyclic) bond motifs is 1. The average Bonchev–Trinajstić information content (AvgIpc) is 3.50. The van der Waals surface area contributed by atoms with Crippen LogP contribution in [0.1, 0.15) is 47.8 Å². The van der Waals surface area contributed by atoms with Crippen LogP contribution in [0.3, 0.4) is 0 Å². The molecule has 3 heterocycles. The minimum Gasteiger partial charge on any atom is -0.342 e. The molecule has 1 atom stereocenters. The molecule has 1 N–H and O–H groups in total. The number of amides is 2. The van der Waals surface area contributed by atoms with Crippen LogP contribution in [-0.2, 0) is 29.0 Å². The molecule has 5 rings (SSSR count). The van der Waals surface area contributed by atoms with E-state index in [1.807, 2.05) is 4.90 Å². The quantitative estimate of drug-likeness (QED) is 0.811. The van der Waals surface area contributed by atoms with Gasteiger partial charge in [0.2, 0.25) is 11.8 Å². The summed E-state index contributed by atoms with van der Waals surface area (Å²) in [5, 5.41) is 0. The maximum absolute atomic E-state index is 13.1. The van der Waals surface area contributed by atoms with Crippen LogP contribution in [0.15, 0.2) is 29.1 Å². The minimum absolute atomic E-state index is 0.0179. The van der Waals surface area contributed by atoms with Gasteiger partial charge in [-0.3, -0.25) is 14.4 Å². The zero-order valence-electron chi connectivity index (χ0n) is 17.3. The third kappa shape index (κ3) is 4.11. The van der Waals surface area contributed by atoms with Gasteiger partial charge in [-0.25, -0.2) is 9.37 Å². The van der Waals surface area contributed by atoms with Crippen molar-refractivity contribution >= 4 is 11.8 Å². The van der Waals surface area contributed by atoms with Gasteiger partial charge in [0.1, 0.15) is 11.6 Å². The highest BCUT2D eigenvalue weighted by Gasteiger charge is 2.36. The third-order valence-electron chi connectivity index (χ3n) is 6.53. The molecule has 3 aliphatic rings. The highest BCUT2D eigenvalue weighted by Crippen LogP contribution is 2.32. The van der Waals surface area contributed by atoms with E-state index < -0.39 is 0 Å². The molecule has 1 aromatic heterocycles. The number of carbonyl (C=O) groups is 2. The van der Waals surface area contributed by atoms with E-state index in [1.165, 1.54) is 12.1 Å². The van der Waals surface area contributed by atoms with Crippen molar-refractivity contribution in [3.05, 3.63) is 63.1 Å².